The summed E-state index contributed by atoms with van der Waals surface area (Å²) in [6, 6.07) is 0. The zero-order valence-corrected chi connectivity index (χ0v) is 16.0. The molecule has 0 aliphatic heterocycles. The lowest BCUT2D eigenvalue weighted by molar-refractivity contribution is 0.512. The predicted molar refractivity (Wildman–Crippen MR) is 104 cm³/mol. The molecule has 0 rings (SSSR count). The molecule has 22 heavy (non-hydrogen) atoms. The van der Waals surface area contributed by atoms with Crippen LogP contribution in [0.1, 0.15) is 124 Å². The van der Waals surface area contributed by atoms with Gasteiger partial charge in [0.2, 0.25) is 0 Å². The Balaban J connectivity index is 3.05. The quantitative estimate of drug-likeness (QED) is 0.187. The van der Waals surface area contributed by atoms with Gasteiger partial charge in [-0.05, 0) is 31.6 Å². The number of rotatable bonds is 17. The molecule has 0 unspecified atom stereocenters. The van der Waals surface area contributed by atoms with Gasteiger partial charge in [-0.25, -0.2) is 0 Å². The Labute approximate surface area is 142 Å². The highest BCUT2D eigenvalue weighted by Crippen LogP contribution is 2.12. The van der Waals surface area contributed by atoms with Gasteiger partial charge in [-0.1, -0.05) is 110 Å². The van der Waals surface area contributed by atoms with Gasteiger partial charge in [-0.15, -0.1) is 0 Å². The van der Waals surface area contributed by atoms with Crippen molar-refractivity contribution in [2.24, 2.45) is 5.92 Å². The van der Waals surface area contributed by atoms with Crippen LogP contribution in [0.2, 0.25) is 0 Å². The number of unbranched alkanes of at least 4 members (excludes halogenated alkanes) is 13. The molecule has 0 heteroatoms. The Bertz CT molecular complexity index is 214. The molecular formula is C22H44. The van der Waals surface area contributed by atoms with E-state index < -0.39 is 0 Å². The standard InChI is InChI=1S/C22H44/c1-4-5-6-7-8-9-10-11-12-13-14-15-16-17-18-19-20-21-22(2)3/h12-13,22H,4-11,14-21H2,1-3H3/b13-12-. The first-order valence-electron chi connectivity index (χ1n) is 10.4. The Hall–Kier alpha value is -0.260. The van der Waals surface area contributed by atoms with Gasteiger partial charge in [0.25, 0.3) is 0 Å². The van der Waals surface area contributed by atoms with E-state index in [0.717, 1.165) is 5.92 Å². The van der Waals surface area contributed by atoms with E-state index >= 15 is 0 Å². The third-order valence-corrected chi connectivity index (χ3v) is 4.54. The normalized spacial score (nSPS) is 11.8. The summed E-state index contributed by atoms with van der Waals surface area (Å²) < 4.78 is 0. The van der Waals surface area contributed by atoms with Gasteiger partial charge in [-0.3, -0.25) is 0 Å². The number of allylic oxidation sites excluding steroid dienone is 2. The van der Waals surface area contributed by atoms with Crippen LogP contribution in [-0.2, 0) is 0 Å². The van der Waals surface area contributed by atoms with Crippen LogP contribution in [0.25, 0.3) is 0 Å². The van der Waals surface area contributed by atoms with Gasteiger partial charge >= 0.3 is 0 Å². The summed E-state index contributed by atoms with van der Waals surface area (Å²) in [6.07, 6.45) is 27.5. The largest absolute Gasteiger partial charge is 0.0885 e. The van der Waals surface area contributed by atoms with Crippen LogP contribution in [0.3, 0.4) is 0 Å². The van der Waals surface area contributed by atoms with Crippen LogP contribution in [-0.4, -0.2) is 0 Å². The van der Waals surface area contributed by atoms with Crippen molar-refractivity contribution >= 4 is 0 Å². The van der Waals surface area contributed by atoms with Crippen molar-refractivity contribution in [3.8, 4) is 0 Å². The molecule has 0 radical (unpaired) electrons. The Morgan fingerprint density at radius 1 is 0.545 bits per heavy atom. The van der Waals surface area contributed by atoms with Crippen molar-refractivity contribution in [3.63, 3.8) is 0 Å². The highest BCUT2D eigenvalue weighted by Gasteiger charge is 1.94. The van der Waals surface area contributed by atoms with Crippen molar-refractivity contribution in [2.45, 2.75) is 124 Å². The second-order valence-electron chi connectivity index (χ2n) is 7.47. The van der Waals surface area contributed by atoms with E-state index in [2.05, 4.69) is 32.9 Å². The van der Waals surface area contributed by atoms with Gasteiger partial charge in [0.1, 0.15) is 0 Å². The topological polar surface area (TPSA) is 0 Å². The molecule has 0 aliphatic carbocycles. The van der Waals surface area contributed by atoms with Crippen LogP contribution in [0.5, 0.6) is 0 Å². The monoisotopic (exact) mass is 308 g/mol. The van der Waals surface area contributed by atoms with Crippen molar-refractivity contribution < 1.29 is 0 Å². The average molecular weight is 309 g/mol. The van der Waals surface area contributed by atoms with E-state index in [-0.39, 0.29) is 0 Å². The molecule has 132 valence electrons. The van der Waals surface area contributed by atoms with E-state index in [1.807, 2.05) is 0 Å². The maximum absolute atomic E-state index is 2.43. The minimum atomic E-state index is 0.890. The Morgan fingerprint density at radius 2 is 0.955 bits per heavy atom. The molecule has 0 N–H and O–H groups in total. The van der Waals surface area contributed by atoms with E-state index in [9.17, 15) is 0 Å². The van der Waals surface area contributed by atoms with E-state index in [1.165, 1.54) is 103 Å². The molecule has 0 aromatic rings. The first kappa shape index (κ1) is 21.7. The van der Waals surface area contributed by atoms with Crippen LogP contribution in [0, 0.1) is 5.92 Å². The van der Waals surface area contributed by atoms with Gasteiger partial charge in [0, 0.05) is 0 Å². The van der Waals surface area contributed by atoms with Gasteiger partial charge in [-0.2, -0.15) is 0 Å². The molecule has 0 aromatic heterocycles. The molecule has 0 amide bonds. The fraction of sp³-hybridized carbons (Fsp3) is 0.909. The summed E-state index contributed by atoms with van der Waals surface area (Å²) in [7, 11) is 0. The van der Waals surface area contributed by atoms with Gasteiger partial charge in [0.15, 0.2) is 0 Å². The predicted octanol–water partition coefficient (Wildman–Crippen LogP) is 8.46. The molecule has 0 saturated heterocycles. The minimum Gasteiger partial charge on any atom is -0.0885 e. The lowest BCUT2D eigenvalue weighted by Crippen LogP contribution is -1.87. The van der Waals surface area contributed by atoms with E-state index in [0.29, 0.717) is 0 Å². The molecule has 0 nitrogen and oxygen atoms in total. The molecule has 0 atom stereocenters. The smallest absolute Gasteiger partial charge is 0.0351 e. The van der Waals surface area contributed by atoms with Crippen molar-refractivity contribution in [1.29, 1.82) is 0 Å². The third-order valence-electron chi connectivity index (χ3n) is 4.54. The first-order chi connectivity index (χ1) is 10.8. The molecule has 0 fully saturated rings. The summed E-state index contributed by atoms with van der Waals surface area (Å²) >= 11 is 0. The summed E-state index contributed by atoms with van der Waals surface area (Å²) in [5, 5.41) is 0. The van der Waals surface area contributed by atoms with E-state index in [4.69, 9.17) is 0 Å². The molecular weight excluding hydrogens is 264 g/mol. The molecule has 0 bridgehead atoms. The second kappa shape index (κ2) is 18.8. The molecule has 0 saturated carbocycles. The van der Waals surface area contributed by atoms with Gasteiger partial charge < -0.3 is 0 Å². The molecule has 0 heterocycles. The lowest BCUT2D eigenvalue weighted by atomic mass is 10.0. The zero-order valence-electron chi connectivity index (χ0n) is 16.0. The Kier molecular flexibility index (Phi) is 18.6. The number of hydrogen-bond acceptors (Lipinski definition) is 0. The summed E-state index contributed by atoms with van der Waals surface area (Å²) in [4.78, 5) is 0. The fourth-order valence-electron chi connectivity index (χ4n) is 2.98. The Morgan fingerprint density at radius 3 is 1.41 bits per heavy atom. The van der Waals surface area contributed by atoms with Crippen molar-refractivity contribution in [1.82, 2.24) is 0 Å². The van der Waals surface area contributed by atoms with Crippen molar-refractivity contribution in [3.05, 3.63) is 12.2 Å². The van der Waals surface area contributed by atoms with Crippen LogP contribution < -0.4 is 0 Å². The molecule has 0 aromatic carbocycles. The first-order valence-corrected chi connectivity index (χ1v) is 10.4. The maximum atomic E-state index is 2.43. The van der Waals surface area contributed by atoms with Crippen LogP contribution in [0.15, 0.2) is 12.2 Å². The second-order valence-corrected chi connectivity index (χ2v) is 7.47. The van der Waals surface area contributed by atoms with Gasteiger partial charge in [0.05, 0.1) is 0 Å². The highest BCUT2D eigenvalue weighted by atomic mass is 14.0. The third kappa shape index (κ3) is 19.7. The van der Waals surface area contributed by atoms with Crippen LogP contribution >= 0.6 is 0 Å². The zero-order chi connectivity index (χ0) is 16.3. The summed E-state index contributed by atoms with van der Waals surface area (Å²) in [6.45, 7) is 6.95. The highest BCUT2D eigenvalue weighted by molar-refractivity contribution is 4.81. The van der Waals surface area contributed by atoms with Crippen molar-refractivity contribution in [2.75, 3.05) is 0 Å². The minimum absolute atomic E-state index is 0.890. The van der Waals surface area contributed by atoms with Crippen LogP contribution in [0.4, 0.5) is 0 Å². The maximum Gasteiger partial charge on any atom is -0.0351 e. The van der Waals surface area contributed by atoms with E-state index in [1.54, 1.807) is 0 Å². The molecule has 0 spiro atoms. The fourth-order valence-corrected chi connectivity index (χ4v) is 2.98. The number of hydrogen-bond donors (Lipinski definition) is 0. The molecule has 0 aliphatic rings. The summed E-state index contributed by atoms with van der Waals surface area (Å²) in [5.41, 5.74) is 0. The average Bonchev–Trinajstić information content (AvgIpc) is 2.50. The lowest BCUT2D eigenvalue weighted by Gasteiger charge is -2.03. The SMILES string of the molecule is CCCCCCCCC/C=C\CCCCCCCCC(C)C. The summed E-state index contributed by atoms with van der Waals surface area (Å²) in [5.74, 6) is 0.890.